The second-order valence-corrected chi connectivity index (χ2v) is 13.1. The van der Waals surface area contributed by atoms with Crippen LogP contribution in [0.25, 0.3) is 11.1 Å². The van der Waals surface area contributed by atoms with E-state index in [9.17, 15) is 14.7 Å². The Bertz CT molecular complexity index is 1810. The van der Waals surface area contributed by atoms with Crippen molar-refractivity contribution in [3.05, 3.63) is 118 Å². The second-order valence-electron chi connectivity index (χ2n) is 13.1. The summed E-state index contributed by atoms with van der Waals surface area (Å²) in [6, 6.07) is 28.1. The Balaban J connectivity index is 1.19. The first-order valence-corrected chi connectivity index (χ1v) is 17.3. The van der Waals surface area contributed by atoms with Gasteiger partial charge in [0.1, 0.15) is 0 Å². The van der Waals surface area contributed by atoms with Gasteiger partial charge in [0.05, 0.1) is 33.0 Å². The topological polar surface area (TPSA) is 116 Å². The van der Waals surface area contributed by atoms with Gasteiger partial charge >= 0.3 is 5.97 Å². The first kappa shape index (κ1) is 36.1. The lowest BCUT2D eigenvalue weighted by Gasteiger charge is -2.39. The van der Waals surface area contributed by atoms with Crippen molar-refractivity contribution in [2.24, 2.45) is 0 Å². The highest BCUT2D eigenvalue weighted by Gasteiger charge is 2.34. The van der Waals surface area contributed by atoms with E-state index in [1.165, 1.54) is 18.1 Å². The summed E-state index contributed by atoms with van der Waals surface area (Å²) < 4.78 is 29.5. The van der Waals surface area contributed by atoms with Crippen LogP contribution < -0.4 is 14.8 Å². The van der Waals surface area contributed by atoms with E-state index in [1.807, 2.05) is 72.8 Å². The Hall–Kier alpha value is -4.74. The number of hydrogen-bond donors (Lipinski definition) is 2. The Morgan fingerprint density at radius 1 is 0.922 bits per heavy atom. The smallest absolute Gasteiger partial charge is 0.303 e. The molecule has 0 unspecified atom stereocenters. The van der Waals surface area contributed by atoms with Crippen molar-refractivity contribution in [2.75, 3.05) is 27.3 Å². The molecule has 1 saturated heterocycles. The van der Waals surface area contributed by atoms with Gasteiger partial charge in [-0.15, -0.1) is 0 Å². The zero-order chi connectivity index (χ0) is 35.9. The maximum Gasteiger partial charge on any atom is 0.303 e. The lowest BCUT2D eigenvalue weighted by atomic mass is 9.96. The van der Waals surface area contributed by atoms with Gasteiger partial charge in [0, 0.05) is 45.1 Å². The van der Waals surface area contributed by atoms with Crippen molar-refractivity contribution in [3.63, 3.8) is 0 Å². The van der Waals surface area contributed by atoms with Gasteiger partial charge in [0.2, 0.25) is 0 Å². The van der Waals surface area contributed by atoms with Crippen molar-refractivity contribution in [3.8, 4) is 22.6 Å². The molecule has 2 N–H and O–H groups in total. The summed E-state index contributed by atoms with van der Waals surface area (Å²) in [6.07, 6.45) is -0.140. The SMILES string of the molecule is COc1cc2c(cc1OC)CN(C[C@@H]1C[C@H](c3ccc(CO)cc3)O[C@H](c3ccc(-c4ccccc4CNC(=O)[C@H](C)OC(C)=O)cc3)O1)CC2. The van der Waals surface area contributed by atoms with Gasteiger partial charge in [-0.25, -0.2) is 0 Å². The van der Waals surface area contributed by atoms with Gasteiger partial charge in [-0.3, -0.25) is 14.5 Å². The number of amides is 1. The Kier molecular flexibility index (Phi) is 11.7. The molecule has 1 amide bonds. The molecule has 268 valence electrons. The number of rotatable bonds is 12. The van der Waals surface area contributed by atoms with Gasteiger partial charge in [-0.1, -0.05) is 72.8 Å². The predicted octanol–water partition coefficient (Wildman–Crippen LogP) is 6.03. The van der Waals surface area contributed by atoms with Gasteiger partial charge < -0.3 is 34.1 Å². The first-order valence-electron chi connectivity index (χ1n) is 17.3. The zero-order valence-electron chi connectivity index (χ0n) is 29.6. The number of methoxy groups -OCH3 is 2. The Morgan fingerprint density at radius 3 is 2.29 bits per heavy atom. The summed E-state index contributed by atoms with van der Waals surface area (Å²) in [7, 11) is 3.33. The molecule has 0 aromatic heterocycles. The van der Waals surface area contributed by atoms with Crippen molar-refractivity contribution < 1.29 is 38.4 Å². The normalized spacial score (nSPS) is 19.4. The van der Waals surface area contributed by atoms with Crippen LogP contribution in [0.15, 0.2) is 84.9 Å². The van der Waals surface area contributed by atoms with E-state index in [4.69, 9.17) is 23.7 Å². The van der Waals surface area contributed by atoms with E-state index < -0.39 is 18.4 Å². The van der Waals surface area contributed by atoms with Crippen molar-refractivity contribution in [1.29, 1.82) is 0 Å². The van der Waals surface area contributed by atoms with E-state index >= 15 is 0 Å². The number of esters is 1. The average molecular weight is 695 g/mol. The lowest BCUT2D eigenvalue weighted by molar-refractivity contribution is -0.253. The lowest BCUT2D eigenvalue weighted by Crippen LogP contribution is -2.41. The summed E-state index contributed by atoms with van der Waals surface area (Å²) in [5, 5.41) is 12.5. The monoisotopic (exact) mass is 694 g/mol. The maximum atomic E-state index is 12.5. The fourth-order valence-electron chi connectivity index (χ4n) is 6.82. The second kappa shape index (κ2) is 16.5. The van der Waals surface area contributed by atoms with Crippen LogP contribution in [0.1, 0.15) is 66.0 Å². The van der Waals surface area contributed by atoms with Gasteiger partial charge in [-0.05, 0) is 64.4 Å². The van der Waals surface area contributed by atoms with Crippen molar-refractivity contribution >= 4 is 11.9 Å². The van der Waals surface area contributed by atoms with Gasteiger partial charge in [0.25, 0.3) is 5.91 Å². The molecule has 2 aliphatic heterocycles. The van der Waals surface area contributed by atoms with Crippen LogP contribution in [-0.2, 0) is 49.9 Å². The highest BCUT2D eigenvalue weighted by atomic mass is 16.7. The molecule has 1 fully saturated rings. The third-order valence-corrected chi connectivity index (χ3v) is 9.55. The van der Waals surface area contributed by atoms with E-state index in [1.54, 1.807) is 21.1 Å². The molecule has 0 radical (unpaired) electrons. The molecular weight excluding hydrogens is 648 g/mol. The molecule has 10 heteroatoms. The third kappa shape index (κ3) is 8.77. The Morgan fingerprint density at radius 2 is 1.61 bits per heavy atom. The van der Waals surface area contributed by atoms with E-state index in [2.05, 4.69) is 22.3 Å². The minimum Gasteiger partial charge on any atom is -0.493 e. The van der Waals surface area contributed by atoms with Crippen LogP contribution in [0.3, 0.4) is 0 Å². The molecule has 4 aromatic carbocycles. The van der Waals surface area contributed by atoms with Crippen molar-refractivity contribution in [2.45, 2.75) is 71.0 Å². The Labute approximate surface area is 299 Å². The van der Waals surface area contributed by atoms with Crippen LogP contribution in [0.4, 0.5) is 0 Å². The largest absolute Gasteiger partial charge is 0.493 e. The summed E-state index contributed by atoms with van der Waals surface area (Å²) >= 11 is 0. The number of carbonyl (C=O) groups excluding carboxylic acids is 2. The molecule has 10 nitrogen and oxygen atoms in total. The van der Waals surface area contributed by atoms with Gasteiger partial charge in [0.15, 0.2) is 23.9 Å². The molecule has 0 saturated carbocycles. The van der Waals surface area contributed by atoms with E-state index in [0.717, 1.165) is 70.9 Å². The summed E-state index contributed by atoms with van der Waals surface area (Å²) in [6.45, 7) is 5.54. The minimum absolute atomic E-state index is 0.0114. The minimum atomic E-state index is -0.872. The standard InChI is InChI=1S/C41H46N2O8/c1-26(49-27(2)45)40(46)42-22-33-7-5-6-8-36(33)29-13-15-31(16-14-29)41-50-35(21-37(51-41)30-11-9-28(25-44)10-12-30)24-43-18-17-32-19-38(47-3)39(48-4)20-34(32)23-43/h5-16,19-20,26,35,37,41,44H,17-18,21-25H2,1-4H3,(H,42,46)/t26-,35-,37+,41+/m0/s1. The number of aliphatic hydroxyl groups excluding tert-OH is 1. The third-order valence-electron chi connectivity index (χ3n) is 9.55. The number of fused-ring (bicyclic) bond motifs is 1. The van der Waals surface area contributed by atoms with Crippen LogP contribution in [0.5, 0.6) is 11.5 Å². The quantitative estimate of drug-likeness (QED) is 0.172. The van der Waals surface area contributed by atoms with Crippen LogP contribution in [0.2, 0.25) is 0 Å². The molecule has 51 heavy (non-hydrogen) atoms. The van der Waals surface area contributed by atoms with E-state index in [0.29, 0.717) is 6.42 Å². The summed E-state index contributed by atoms with van der Waals surface area (Å²) in [5.74, 6) is 0.630. The van der Waals surface area contributed by atoms with Gasteiger partial charge in [-0.2, -0.15) is 0 Å². The first-order chi connectivity index (χ1) is 24.7. The number of nitrogens with zero attached hydrogens (tertiary/aromatic N) is 1. The summed E-state index contributed by atoms with van der Waals surface area (Å²) in [4.78, 5) is 26.2. The molecule has 0 bridgehead atoms. The van der Waals surface area contributed by atoms with Crippen molar-refractivity contribution in [1.82, 2.24) is 10.2 Å². The van der Waals surface area contributed by atoms with Crippen LogP contribution in [-0.4, -0.2) is 61.4 Å². The zero-order valence-corrected chi connectivity index (χ0v) is 29.6. The average Bonchev–Trinajstić information content (AvgIpc) is 3.16. The molecule has 4 aromatic rings. The van der Waals surface area contributed by atoms with Crippen LogP contribution >= 0.6 is 0 Å². The highest BCUT2D eigenvalue weighted by Crippen LogP contribution is 2.40. The van der Waals surface area contributed by atoms with Crippen LogP contribution in [0, 0.1) is 0 Å². The molecule has 2 heterocycles. The van der Waals surface area contributed by atoms with E-state index in [-0.39, 0.29) is 31.3 Å². The summed E-state index contributed by atoms with van der Waals surface area (Å²) in [5.41, 5.74) is 8.21. The molecular formula is C41H46N2O8. The highest BCUT2D eigenvalue weighted by molar-refractivity contribution is 5.83. The molecule has 0 aliphatic carbocycles. The molecule has 6 rings (SSSR count). The number of benzene rings is 4. The fraction of sp³-hybridized carbons (Fsp3) is 0.366. The number of aliphatic hydroxyl groups is 1. The number of nitrogens with one attached hydrogen (secondary N) is 1. The molecule has 2 aliphatic rings. The molecule has 4 atom stereocenters. The maximum absolute atomic E-state index is 12.5. The number of carbonyl (C=O) groups is 2. The number of ether oxygens (including phenoxy) is 5. The predicted molar refractivity (Wildman–Crippen MR) is 192 cm³/mol. The fourth-order valence-corrected chi connectivity index (χ4v) is 6.82. The molecule has 0 spiro atoms. The number of hydrogen-bond acceptors (Lipinski definition) is 9.